The van der Waals surface area contributed by atoms with Crippen LogP contribution in [-0.2, 0) is 10.0 Å². The second-order valence-corrected chi connectivity index (χ2v) is 6.20. The fourth-order valence-electron chi connectivity index (χ4n) is 1.59. The second-order valence-electron chi connectivity index (χ2n) is 4.49. The van der Waals surface area contributed by atoms with Gasteiger partial charge in [0, 0.05) is 18.3 Å². The molecule has 0 aliphatic rings. The average Bonchev–Trinajstić information content (AvgIpc) is 2.24. The number of rotatable bonds is 5. The van der Waals surface area contributed by atoms with Crippen molar-refractivity contribution in [2.45, 2.75) is 38.1 Å². The van der Waals surface area contributed by atoms with Crippen molar-refractivity contribution in [1.29, 1.82) is 0 Å². The Morgan fingerprint density at radius 3 is 2.50 bits per heavy atom. The van der Waals surface area contributed by atoms with E-state index in [1.54, 1.807) is 13.0 Å². The zero-order valence-corrected chi connectivity index (χ0v) is 11.7. The van der Waals surface area contributed by atoms with Crippen LogP contribution in [0.4, 0.5) is 5.69 Å². The van der Waals surface area contributed by atoms with E-state index < -0.39 is 10.0 Å². The number of aliphatic hydroxyl groups is 1. The molecule has 0 spiro atoms. The quantitative estimate of drug-likeness (QED) is 0.695. The van der Waals surface area contributed by atoms with E-state index in [0.717, 1.165) is 11.1 Å². The van der Waals surface area contributed by atoms with E-state index >= 15 is 0 Å². The van der Waals surface area contributed by atoms with Crippen LogP contribution in [0.3, 0.4) is 0 Å². The normalized spacial score (nSPS) is 13.6. The predicted molar refractivity (Wildman–Crippen MR) is 71.8 cm³/mol. The fourth-order valence-corrected chi connectivity index (χ4v) is 2.99. The van der Waals surface area contributed by atoms with E-state index in [0.29, 0.717) is 12.1 Å². The lowest BCUT2D eigenvalue weighted by Crippen LogP contribution is -2.33. The molecule has 0 bridgehead atoms. The van der Waals surface area contributed by atoms with Crippen molar-refractivity contribution in [3.05, 3.63) is 23.3 Å². The highest BCUT2D eigenvalue weighted by molar-refractivity contribution is 7.89. The molecular formula is C12H20N2O3S. The number of sulfonamides is 1. The summed E-state index contributed by atoms with van der Waals surface area (Å²) in [5.41, 5.74) is 7.96. The summed E-state index contributed by atoms with van der Waals surface area (Å²) in [5.74, 6) is 0. The lowest BCUT2D eigenvalue weighted by atomic mass is 10.1. The van der Waals surface area contributed by atoms with Crippen LogP contribution >= 0.6 is 0 Å². The van der Waals surface area contributed by atoms with Crippen LogP contribution in [0.15, 0.2) is 17.0 Å². The van der Waals surface area contributed by atoms with Crippen molar-refractivity contribution < 1.29 is 13.5 Å². The number of nitrogens with two attached hydrogens (primary N) is 1. The summed E-state index contributed by atoms with van der Waals surface area (Å²) < 4.78 is 26.7. The van der Waals surface area contributed by atoms with Gasteiger partial charge in [0.1, 0.15) is 0 Å². The molecule has 5 nitrogen and oxygen atoms in total. The first-order valence-electron chi connectivity index (χ1n) is 5.78. The van der Waals surface area contributed by atoms with E-state index in [1.165, 1.54) is 6.07 Å². The molecule has 0 aromatic heterocycles. The first-order valence-corrected chi connectivity index (χ1v) is 7.26. The average molecular weight is 272 g/mol. The molecule has 0 fully saturated rings. The Kier molecular flexibility index (Phi) is 4.72. The van der Waals surface area contributed by atoms with Gasteiger partial charge in [0.25, 0.3) is 0 Å². The van der Waals surface area contributed by atoms with Gasteiger partial charge in [-0.3, -0.25) is 0 Å². The molecule has 0 aliphatic heterocycles. The Morgan fingerprint density at radius 2 is 2.00 bits per heavy atom. The van der Waals surface area contributed by atoms with Crippen molar-refractivity contribution in [1.82, 2.24) is 4.72 Å². The molecule has 0 saturated heterocycles. The van der Waals surface area contributed by atoms with Crippen LogP contribution < -0.4 is 10.5 Å². The van der Waals surface area contributed by atoms with Gasteiger partial charge >= 0.3 is 0 Å². The molecule has 0 aliphatic carbocycles. The topological polar surface area (TPSA) is 92.4 Å². The molecule has 1 aromatic rings. The van der Waals surface area contributed by atoms with Gasteiger partial charge < -0.3 is 10.8 Å². The SMILES string of the molecule is Cc1cc(S(=O)(=O)NC(C)CCO)cc(N)c1C. The maximum absolute atomic E-state index is 12.1. The Bertz CT molecular complexity index is 503. The van der Waals surface area contributed by atoms with Gasteiger partial charge in [-0.15, -0.1) is 0 Å². The minimum atomic E-state index is -3.58. The summed E-state index contributed by atoms with van der Waals surface area (Å²) in [6.45, 7) is 5.32. The summed E-state index contributed by atoms with van der Waals surface area (Å²) in [5, 5.41) is 8.77. The van der Waals surface area contributed by atoms with Crippen molar-refractivity contribution in [2.24, 2.45) is 0 Å². The van der Waals surface area contributed by atoms with Crippen molar-refractivity contribution in [3.8, 4) is 0 Å². The Morgan fingerprint density at radius 1 is 1.39 bits per heavy atom. The summed E-state index contributed by atoms with van der Waals surface area (Å²) >= 11 is 0. The van der Waals surface area contributed by atoms with Gasteiger partial charge in [-0.25, -0.2) is 13.1 Å². The number of benzene rings is 1. The number of hydrogen-bond donors (Lipinski definition) is 3. The maximum Gasteiger partial charge on any atom is 0.240 e. The largest absolute Gasteiger partial charge is 0.398 e. The zero-order chi connectivity index (χ0) is 13.9. The third kappa shape index (κ3) is 3.44. The fraction of sp³-hybridized carbons (Fsp3) is 0.500. The molecule has 1 aromatic carbocycles. The minimum absolute atomic E-state index is 0.0568. The molecule has 0 heterocycles. The van der Waals surface area contributed by atoms with Crippen LogP contribution in [0.25, 0.3) is 0 Å². The van der Waals surface area contributed by atoms with Crippen molar-refractivity contribution >= 4 is 15.7 Å². The molecule has 0 amide bonds. The molecule has 18 heavy (non-hydrogen) atoms. The zero-order valence-electron chi connectivity index (χ0n) is 10.9. The van der Waals surface area contributed by atoms with E-state index in [9.17, 15) is 8.42 Å². The van der Waals surface area contributed by atoms with Crippen molar-refractivity contribution in [3.63, 3.8) is 0 Å². The lowest BCUT2D eigenvalue weighted by Gasteiger charge is -2.14. The molecule has 0 radical (unpaired) electrons. The molecule has 1 atom stereocenters. The summed E-state index contributed by atoms with van der Waals surface area (Å²) in [7, 11) is -3.58. The van der Waals surface area contributed by atoms with Gasteiger partial charge in [-0.2, -0.15) is 0 Å². The van der Waals surface area contributed by atoms with Gasteiger partial charge in [0.2, 0.25) is 10.0 Å². The summed E-state index contributed by atoms with van der Waals surface area (Å²) in [6, 6.07) is 2.73. The van der Waals surface area contributed by atoms with E-state index in [1.807, 2.05) is 13.8 Å². The molecule has 0 saturated carbocycles. The molecule has 6 heteroatoms. The third-order valence-electron chi connectivity index (χ3n) is 2.91. The van der Waals surface area contributed by atoms with Gasteiger partial charge in [-0.1, -0.05) is 0 Å². The smallest absolute Gasteiger partial charge is 0.240 e. The van der Waals surface area contributed by atoms with Crippen molar-refractivity contribution in [2.75, 3.05) is 12.3 Å². The second kappa shape index (κ2) is 5.69. The van der Waals surface area contributed by atoms with Gasteiger partial charge in [-0.05, 0) is 50.5 Å². The van der Waals surface area contributed by atoms with Crippen LogP contribution in [-0.4, -0.2) is 26.2 Å². The van der Waals surface area contributed by atoms with Gasteiger partial charge in [0.05, 0.1) is 4.90 Å². The molecule has 1 rings (SSSR count). The monoisotopic (exact) mass is 272 g/mol. The van der Waals surface area contributed by atoms with Crippen LogP contribution in [0, 0.1) is 13.8 Å². The highest BCUT2D eigenvalue weighted by Gasteiger charge is 2.18. The number of aliphatic hydroxyl groups excluding tert-OH is 1. The number of aryl methyl sites for hydroxylation is 1. The maximum atomic E-state index is 12.1. The number of nitrogen functional groups attached to an aromatic ring is 1. The molecule has 102 valence electrons. The highest BCUT2D eigenvalue weighted by Crippen LogP contribution is 2.21. The number of anilines is 1. The summed E-state index contributed by atoms with van der Waals surface area (Å²) in [4.78, 5) is 0.160. The minimum Gasteiger partial charge on any atom is -0.398 e. The van der Waals surface area contributed by atoms with E-state index in [4.69, 9.17) is 10.8 Å². The predicted octanol–water partition coefficient (Wildman–Crippen LogP) is 0.935. The Labute approximate surface area is 108 Å². The van der Waals surface area contributed by atoms with E-state index in [2.05, 4.69) is 4.72 Å². The third-order valence-corrected chi connectivity index (χ3v) is 4.48. The van der Waals surface area contributed by atoms with Crippen LogP contribution in [0.2, 0.25) is 0 Å². The lowest BCUT2D eigenvalue weighted by molar-refractivity contribution is 0.275. The number of nitrogens with one attached hydrogen (secondary N) is 1. The Balaban J connectivity index is 3.06. The highest BCUT2D eigenvalue weighted by atomic mass is 32.2. The molecule has 1 unspecified atom stereocenters. The molecule has 4 N–H and O–H groups in total. The first kappa shape index (κ1) is 14.9. The van der Waals surface area contributed by atoms with E-state index in [-0.39, 0.29) is 17.5 Å². The number of hydrogen-bond acceptors (Lipinski definition) is 4. The first-order chi connectivity index (χ1) is 8.27. The standard InChI is InChI=1S/C12H20N2O3S/c1-8-6-11(7-12(13)10(8)3)18(16,17)14-9(2)4-5-15/h6-7,9,14-15H,4-5,13H2,1-3H3. The van der Waals surface area contributed by atoms with Crippen LogP contribution in [0.5, 0.6) is 0 Å². The van der Waals surface area contributed by atoms with Crippen LogP contribution in [0.1, 0.15) is 24.5 Å². The summed E-state index contributed by atoms with van der Waals surface area (Å²) in [6.07, 6.45) is 0.375. The van der Waals surface area contributed by atoms with Gasteiger partial charge in [0.15, 0.2) is 0 Å². The Hall–Kier alpha value is -1.11. The molecular weight excluding hydrogens is 252 g/mol.